The quantitative estimate of drug-likeness (QED) is 0.416. The van der Waals surface area contributed by atoms with Gasteiger partial charge in [-0.2, -0.15) is 0 Å². The SMILES string of the molecule is CCN1CCCCCCN(C(=O)c2ccc(F)cc2F)[C@H](Cc2ccccc2)COc2ccccc2C1=O. The van der Waals surface area contributed by atoms with Gasteiger partial charge in [0.05, 0.1) is 17.2 Å². The third-order valence-electron chi connectivity index (χ3n) is 6.97. The number of hydrogen-bond acceptors (Lipinski definition) is 3. The second-order valence-corrected chi connectivity index (χ2v) is 9.57. The molecule has 0 radical (unpaired) electrons. The van der Waals surface area contributed by atoms with Crippen LogP contribution in [0.15, 0.2) is 72.8 Å². The van der Waals surface area contributed by atoms with Gasteiger partial charge in [0.2, 0.25) is 0 Å². The van der Waals surface area contributed by atoms with Gasteiger partial charge in [-0.1, -0.05) is 55.3 Å². The summed E-state index contributed by atoms with van der Waals surface area (Å²) in [6.07, 6.45) is 3.80. The first-order valence-electron chi connectivity index (χ1n) is 13.3. The van der Waals surface area contributed by atoms with Crippen LogP contribution in [0.5, 0.6) is 5.75 Å². The van der Waals surface area contributed by atoms with Crippen LogP contribution < -0.4 is 4.74 Å². The average molecular weight is 521 g/mol. The summed E-state index contributed by atoms with van der Waals surface area (Å²) in [7, 11) is 0. The molecule has 1 aliphatic heterocycles. The Labute approximate surface area is 223 Å². The summed E-state index contributed by atoms with van der Waals surface area (Å²) in [6.45, 7) is 3.74. The standard InChI is InChI=1S/C31H34F2N2O3/c1-2-34-18-10-3-4-11-19-35(31(37)26-17-16-24(32)21-28(26)33)25(20-23-12-6-5-7-13-23)22-38-29-15-9-8-14-27(29)30(34)36/h5-9,12-17,21,25H,2-4,10-11,18-20,22H2,1H3/t25-/m1/s1. The van der Waals surface area contributed by atoms with E-state index in [4.69, 9.17) is 4.74 Å². The smallest absolute Gasteiger partial charge is 0.257 e. The third kappa shape index (κ3) is 6.77. The molecule has 3 aromatic rings. The van der Waals surface area contributed by atoms with Gasteiger partial charge in [0.1, 0.15) is 24.0 Å². The van der Waals surface area contributed by atoms with Crippen molar-refractivity contribution in [3.05, 3.63) is 101 Å². The molecule has 0 aliphatic carbocycles. The molecule has 3 aromatic carbocycles. The van der Waals surface area contributed by atoms with Gasteiger partial charge in [-0.25, -0.2) is 8.78 Å². The number of carbonyl (C=O) groups is 2. The predicted molar refractivity (Wildman–Crippen MR) is 143 cm³/mol. The van der Waals surface area contributed by atoms with Gasteiger partial charge in [0.25, 0.3) is 11.8 Å². The van der Waals surface area contributed by atoms with Crippen LogP contribution in [0.2, 0.25) is 0 Å². The first-order valence-corrected chi connectivity index (χ1v) is 13.3. The lowest BCUT2D eigenvalue weighted by Crippen LogP contribution is -2.46. The Morgan fingerprint density at radius 2 is 1.63 bits per heavy atom. The number of ether oxygens (including phenoxy) is 1. The zero-order valence-electron chi connectivity index (χ0n) is 21.7. The van der Waals surface area contributed by atoms with E-state index < -0.39 is 23.6 Å². The van der Waals surface area contributed by atoms with Gasteiger partial charge >= 0.3 is 0 Å². The van der Waals surface area contributed by atoms with E-state index in [1.54, 1.807) is 17.0 Å². The minimum Gasteiger partial charge on any atom is -0.491 e. The lowest BCUT2D eigenvalue weighted by atomic mass is 10.0. The minimum absolute atomic E-state index is 0.0823. The van der Waals surface area contributed by atoms with E-state index in [1.807, 2.05) is 54.3 Å². The normalized spacial score (nSPS) is 17.3. The Hall–Kier alpha value is -3.74. The van der Waals surface area contributed by atoms with E-state index in [-0.39, 0.29) is 18.1 Å². The van der Waals surface area contributed by atoms with Crippen LogP contribution >= 0.6 is 0 Å². The fourth-order valence-corrected chi connectivity index (χ4v) is 4.88. The maximum atomic E-state index is 14.7. The molecule has 0 bridgehead atoms. The number of para-hydroxylation sites is 1. The van der Waals surface area contributed by atoms with Crippen LogP contribution in [0, 0.1) is 11.6 Å². The molecule has 1 atom stereocenters. The highest BCUT2D eigenvalue weighted by Crippen LogP contribution is 2.24. The van der Waals surface area contributed by atoms with Crippen molar-refractivity contribution in [1.29, 1.82) is 0 Å². The van der Waals surface area contributed by atoms with E-state index in [2.05, 4.69) is 0 Å². The van der Waals surface area contributed by atoms with E-state index in [0.717, 1.165) is 43.4 Å². The average Bonchev–Trinajstić information content (AvgIpc) is 2.92. The minimum atomic E-state index is -0.885. The van der Waals surface area contributed by atoms with Gasteiger partial charge in [0.15, 0.2) is 0 Å². The third-order valence-corrected chi connectivity index (χ3v) is 6.97. The number of rotatable bonds is 4. The molecule has 1 aliphatic rings. The van der Waals surface area contributed by atoms with Crippen molar-refractivity contribution >= 4 is 11.8 Å². The number of amides is 2. The second kappa shape index (κ2) is 13.2. The fourth-order valence-electron chi connectivity index (χ4n) is 4.88. The van der Waals surface area contributed by atoms with Gasteiger partial charge in [-0.05, 0) is 56.0 Å². The topological polar surface area (TPSA) is 49.9 Å². The van der Waals surface area contributed by atoms with Crippen molar-refractivity contribution in [2.24, 2.45) is 0 Å². The van der Waals surface area contributed by atoms with Crippen LogP contribution in [0.25, 0.3) is 0 Å². The molecule has 0 unspecified atom stereocenters. The van der Waals surface area contributed by atoms with Crippen LogP contribution in [-0.4, -0.2) is 53.9 Å². The molecule has 7 heteroatoms. The van der Waals surface area contributed by atoms with Crippen LogP contribution in [-0.2, 0) is 6.42 Å². The van der Waals surface area contributed by atoms with Crippen LogP contribution in [0.4, 0.5) is 8.78 Å². The van der Waals surface area contributed by atoms with E-state index in [0.29, 0.717) is 37.4 Å². The second-order valence-electron chi connectivity index (χ2n) is 9.57. The molecule has 4 rings (SSSR count). The number of nitrogens with zero attached hydrogens (tertiary/aromatic N) is 2. The Bertz CT molecular complexity index is 1230. The summed E-state index contributed by atoms with van der Waals surface area (Å²) in [5.74, 6) is -1.75. The molecule has 2 amide bonds. The molecule has 5 nitrogen and oxygen atoms in total. The molecule has 0 spiro atoms. The summed E-state index contributed by atoms with van der Waals surface area (Å²) >= 11 is 0. The highest BCUT2D eigenvalue weighted by Gasteiger charge is 2.29. The number of hydrogen-bond donors (Lipinski definition) is 0. The first-order chi connectivity index (χ1) is 18.5. The summed E-state index contributed by atoms with van der Waals surface area (Å²) in [5, 5.41) is 0. The molecule has 38 heavy (non-hydrogen) atoms. The lowest BCUT2D eigenvalue weighted by Gasteiger charge is -2.33. The highest BCUT2D eigenvalue weighted by molar-refractivity contribution is 5.97. The molecule has 0 fully saturated rings. The van der Waals surface area contributed by atoms with Crippen molar-refractivity contribution < 1.29 is 23.1 Å². The maximum absolute atomic E-state index is 14.7. The summed E-state index contributed by atoms with van der Waals surface area (Å²) in [4.78, 5) is 30.5. The Balaban J connectivity index is 1.71. The molecule has 0 N–H and O–H groups in total. The summed E-state index contributed by atoms with van der Waals surface area (Å²) in [6, 6.07) is 19.5. The fraction of sp³-hybridized carbons (Fsp3) is 0.355. The zero-order chi connectivity index (χ0) is 26.9. The van der Waals surface area contributed by atoms with E-state index in [9.17, 15) is 18.4 Å². The summed E-state index contributed by atoms with van der Waals surface area (Å²) < 4.78 is 34.6. The van der Waals surface area contributed by atoms with Crippen molar-refractivity contribution in [2.45, 2.75) is 45.1 Å². The first kappa shape index (κ1) is 27.3. The van der Waals surface area contributed by atoms with Crippen molar-refractivity contribution in [2.75, 3.05) is 26.2 Å². The molecule has 200 valence electrons. The molecule has 0 aromatic heterocycles. The molecular weight excluding hydrogens is 486 g/mol. The Morgan fingerprint density at radius 3 is 2.37 bits per heavy atom. The highest BCUT2D eigenvalue weighted by atomic mass is 19.1. The molecule has 0 saturated heterocycles. The lowest BCUT2D eigenvalue weighted by molar-refractivity contribution is 0.0593. The Morgan fingerprint density at radius 1 is 0.921 bits per heavy atom. The van der Waals surface area contributed by atoms with Crippen molar-refractivity contribution in [3.8, 4) is 5.75 Å². The number of benzene rings is 3. The molecular formula is C31H34F2N2O3. The molecule has 0 saturated carbocycles. The van der Waals surface area contributed by atoms with Gasteiger partial charge in [0, 0.05) is 25.7 Å². The maximum Gasteiger partial charge on any atom is 0.257 e. The molecule has 1 heterocycles. The van der Waals surface area contributed by atoms with Gasteiger partial charge in [-0.15, -0.1) is 0 Å². The zero-order valence-corrected chi connectivity index (χ0v) is 21.7. The number of carbonyl (C=O) groups excluding carboxylic acids is 2. The monoisotopic (exact) mass is 520 g/mol. The predicted octanol–water partition coefficient (Wildman–Crippen LogP) is 6.13. The van der Waals surface area contributed by atoms with Gasteiger partial charge < -0.3 is 14.5 Å². The van der Waals surface area contributed by atoms with E-state index >= 15 is 0 Å². The van der Waals surface area contributed by atoms with Crippen LogP contribution in [0.1, 0.15) is 58.9 Å². The number of halogens is 2. The number of fused-ring (bicyclic) bond motifs is 1. The van der Waals surface area contributed by atoms with Crippen molar-refractivity contribution in [1.82, 2.24) is 9.80 Å². The Kier molecular flexibility index (Phi) is 9.46. The van der Waals surface area contributed by atoms with Gasteiger partial charge in [-0.3, -0.25) is 9.59 Å². The largest absolute Gasteiger partial charge is 0.491 e. The summed E-state index contributed by atoms with van der Waals surface area (Å²) in [5.41, 5.74) is 1.31. The van der Waals surface area contributed by atoms with Crippen molar-refractivity contribution in [3.63, 3.8) is 0 Å². The van der Waals surface area contributed by atoms with Crippen LogP contribution in [0.3, 0.4) is 0 Å². The van der Waals surface area contributed by atoms with E-state index in [1.165, 1.54) is 6.07 Å².